The van der Waals surface area contributed by atoms with Crippen molar-refractivity contribution in [2.75, 3.05) is 26.3 Å². The molecule has 2 aromatic heterocycles. The number of likely N-dealkylation sites (tertiary alicyclic amines) is 1. The van der Waals surface area contributed by atoms with Crippen molar-refractivity contribution < 1.29 is 44.1 Å². The lowest BCUT2D eigenvalue weighted by Gasteiger charge is -2.30. The van der Waals surface area contributed by atoms with Gasteiger partial charge in [0.05, 0.1) is 25.9 Å². The van der Waals surface area contributed by atoms with Crippen molar-refractivity contribution in [2.24, 2.45) is 5.73 Å². The average molecular weight is 621 g/mol. The number of carbonyl (C=O) groups is 6. The van der Waals surface area contributed by atoms with Crippen molar-refractivity contribution in [2.45, 2.75) is 55.9 Å². The highest BCUT2D eigenvalue weighted by Gasteiger charge is 2.39. The van der Waals surface area contributed by atoms with E-state index in [0.717, 1.165) is 0 Å². The molecule has 1 saturated heterocycles. The van der Waals surface area contributed by atoms with E-state index in [1.54, 1.807) is 0 Å². The van der Waals surface area contributed by atoms with Gasteiger partial charge in [0.1, 0.15) is 36.8 Å². The Labute approximate surface area is 250 Å². The largest absolute Gasteiger partial charge is 0.480 e. The van der Waals surface area contributed by atoms with Crippen LogP contribution in [0, 0.1) is 0 Å². The first-order chi connectivity index (χ1) is 21.0. The van der Waals surface area contributed by atoms with E-state index in [1.165, 1.54) is 29.9 Å². The van der Waals surface area contributed by atoms with Gasteiger partial charge in [0, 0.05) is 43.2 Å². The quantitative estimate of drug-likeness (QED) is 0.0843. The molecular weight excluding hydrogens is 584 g/mol. The molecule has 0 aliphatic carbocycles. The van der Waals surface area contributed by atoms with E-state index < -0.39 is 85.5 Å². The van der Waals surface area contributed by atoms with Gasteiger partial charge in [-0.2, -0.15) is 0 Å². The van der Waals surface area contributed by atoms with E-state index in [2.05, 4.69) is 41.2 Å². The number of nitrogens with one attached hydrogen (secondary N) is 6. The summed E-state index contributed by atoms with van der Waals surface area (Å²) in [5, 5.41) is 37.3. The Morgan fingerprint density at radius 3 is 2.00 bits per heavy atom. The highest BCUT2D eigenvalue weighted by molar-refractivity contribution is 5.96. The van der Waals surface area contributed by atoms with Crippen LogP contribution in [0.5, 0.6) is 0 Å². The number of imidazole rings is 2. The molecule has 0 spiro atoms. The van der Waals surface area contributed by atoms with Gasteiger partial charge in [-0.15, -0.1) is 0 Å². The number of amides is 5. The number of hydrogen-bond donors (Lipinski definition) is 10. The lowest BCUT2D eigenvalue weighted by atomic mass is 10.1. The van der Waals surface area contributed by atoms with Crippen LogP contribution in [0.1, 0.15) is 24.2 Å². The summed E-state index contributed by atoms with van der Waals surface area (Å²) in [5.41, 5.74) is 6.38. The van der Waals surface area contributed by atoms with E-state index in [4.69, 9.17) is 15.9 Å². The second-order valence-electron chi connectivity index (χ2n) is 10.0. The smallest absolute Gasteiger partial charge is 0.322 e. The highest BCUT2D eigenvalue weighted by atomic mass is 16.4. The number of nitrogens with two attached hydrogens (primary N) is 1. The van der Waals surface area contributed by atoms with Crippen LogP contribution in [0.15, 0.2) is 25.0 Å². The predicted octanol–water partition coefficient (Wildman–Crippen LogP) is -5.12. The Bertz CT molecular complexity index is 1290. The zero-order chi connectivity index (χ0) is 32.2. The molecule has 3 rings (SSSR count). The number of aliphatic hydroxyl groups is 2. The zero-order valence-corrected chi connectivity index (χ0v) is 23.6. The first-order valence-corrected chi connectivity index (χ1v) is 13.7. The molecule has 2 aromatic rings. The Hall–Kier alpha value is -4.88. The Balaban J connectivity index is 1.81. The number of nitrogens with zero attached hydrogens (tertiary/aromatic N) is 3. The molecule has 1 aliphatic heterocycles. The third-order valence-corrected chi connectivity index (χ3v) is 6.81. The lowest BCUT2D eigenvalue weighted by Crippen LogP contribution is -2.60. The van der Waals surface area contributed by atoms with Crippen LogP contribution in [0.3, 0.4) is 0 Å². The van der Waals surface area contributed by atoms with E-state index in [9.17, 15) is 33.9 Å². The monoisotopic (exact) mass is 620 g/mol. The normalized spacial score (nSPS) is 17.2. The van der Waals surface area contributed by atoms with Crippen LogP contribution in [-0.2, 0) is 41.6 Å². The van der Waals surface area contributed by atoms with E-state index in [-0.39, 0.29) is 25.8 Å². The van der Waals surface area contributed by atoms with Gasteiger partial charge in [-0.3, -0.25) is 28.8 Å². The van der Waals surface area contributed by atoms with Crippen molar-refractivity contribution in [1.82, 2.24) is 46.1 Å². The minimum absolute atomic E-state index is 0.0658. The van der Waals surface area contributed by atoms with E-state index >= 15 is 0 Å². The molecule has 1 aliphatic rings. The van der Waals surface area contributed by atoms with Crippen molar-refractivity contribution >= 4 is 35.5 Å². The molecular formula is C25H36N10O9. The molecule has 0 unspecified atom stereocenters. The second kappa shape index (κ2) is 16.1. The maximum Gasteiger partial charge on any atom is 0.322 e. The third kappa shape index (κ3) is 9.31. The fraction of sp³-hybridized carbons (Fsp3) is 0.520. The van der Waals surface area contributed by atoms with Crippen LogP contribution in [0.4, 0.5) is 0 Å². The maximum atomic E-state index is 13.8. The molecule has 5 atom stereocenters. The van der Waals surface area contributed by atoms with E-state index in [1.807, 2.05) is 0 Å². The number of H-pyrrole nitrogens is 2. The summed E-state index contributed by atoms with van der Waals surface area (Å²) in [5.74, 6) is -5.18. The number of carboxylic acids is 1. The van der Waals surface area contributed by atoms with Gasteiger partial charge in [0.25, 0.3) is 0 Å². The van der Waals surface area contributed by atoms with Crippen LogP contribution < -0.4 is 27.0 Å². The van der Waals surface area contributed by atoms with Crippen molar-refractivity contribution in [1.29, 1.82) is 0 Å². The number of aliphatic hydroxyl groups excluding tert-OH is 2. The summed E-state index contributed by atoms with van der Waals surface area (Å²) in [6.07, 6.45) is 6.15. The molecule has 44 heavy (non-hydrogen) atoms. The fourth-order valence-electron chi connectivity index (χ4n) is 4.53. The van der Waals surface area contributed by atoms with Gasteiger partial charge in [0.15, 0.2) is 0 Å². The van der Waals surface area contributed by atoms with Gasteiger partial charge >= 0.3 is 5.97 Å². The molecule has 5 amide bonds. The number of aliphatic carboxylic acids is 1. The average Bonchev–Trinajstić information content (AvgIpc) is 3.80. The Morgan fingerprint density at radius 2 is 1.45 bits per heavy atom. The Morgan fingerprint density at radius 1 is 0.886 bits per heavy atom. The minimum atomic E-state index is -1.52. The first-order valence-electron chi connectivity index (χ1n) is 13.7. The van der Waals surface area contributed by atoms with Crippen molar-refractivity contribution in [3.05, 3.63) is 36.4 Å². The van der Waals surface area contributed by atoms with Gasteiger partial charge in [-0.25, -0.2) is 9.97 Å². The number of carboxylic acid groups (broad SMARTS) is 1. The summed E-state index contributed by atoms with van der Waals surface area (Å²) in [4.78, 5) is 90.8. The number of carbonyl (C=O) groups excluding carboxylic acids is 5. The first kappa shape index (κ1) is 33.6. The van der Waals surface area contributed by atoms with Crippen molar-refractivity contribution in [3.63, 3.8) is 0 Å². The third-order valence-electron chi connectivity index (χ3n) is 6.81. The number of rotatable bonds is 16. The summed E-state index contributed by atoms with van der Waals surface area (Å²) >= 11 is 0. The van der Waals surface area contributed by atoms with Gasteiger partial charge in [-0.1, -0.05) is 0 Å². The highest BCUT2D eigenvalue weighted by Crippen LogP contribution is 2.20. The maximum absolute atomic E-state index is 13.8. The fourth-order valence-corrected chi connectivity index (χ4v) is 4.53. The molecule has 1 fully saturated rings. The summed E-state index contributed by atoms with van der Waals surface area (Å²) in [7, 11) is 0. The topological polar surface area (TPSA) is 298 Å². The number of aromatic nitrogens is 4. The molecule has 19 nitrogen and oxygen atoms in total. The number of hydrogen-bond acceptors (Lipinski definition) is 11. The molecule has 0 bridgehead atoms. The van der Waals surface area contributed by atoms with Crippen LogP contribution in [0.2, 0.25) is 0 Å². The Kier molecular flexibility index (Phi) is 12.3. The second-order valence-corrected chi connectivity index (χ2v) is 10.0. The molecule has 19 heteroatoms. The molecule has 0 saturated carbocycles. The predicted molar refractivity (Wildman–Crippen MR) is 148 cm³/mol. The molecule has 11 N–H and O–H groups in total. The molecule has 0 radical (unpaired) electrons. The zero-order valence-electron chi connectivity index (χ0n) is 23.6. The summed E-state index contributed by atoms with van der Waals surface area (Å²) in [6.45, 7) is -2.00. The van der Waals surface area contributed by atoms with Crippen LogP contribution in [0.25, 0.3) is 0 Å². The minimum Gasteiger partial charge on any atom is -0.480 e. The molecule has 240 valence electrons. The van der Waals surface area contributed by atoms with Gasteiger partial charge in [-0.05, 0) is 12.8 Å². The summed E-state index contributed by atoms with van der Waals surface area (Å²) < 4.78 is 0. The van der Waals surface area contributed by atoms with Gasteiger partial charge in [0.2, 0.25) is 29.5 Å². The molecule has 3 heterocycles. The SMILES string of the molecule is N[C@@H](CO)C(=O)N[C@@H](CO)C(=O)N[C@@H](Cc1cnc[nH]1)C(=O)N[C@@H](Cc1cnc[nH]1)C(=O)N1CCC[C@H]1C(=O)NCC(=O)O. The van der Waals surface area contributed by atoms with Crippen molar-refractivity contribution in [3.8, 4) is 0 Å². The van der Waals surface area contributed by atoms with E-state index in [0.29, 0.717) is 17.8 Å². The standard InChI is InChI=1S/C25H36N10O9/c26-15(9-36)21(40)34-18(10-37)23(42)32-16(4-13-6-27-11-30-13)22(41)33-17(5-14-7-28-12-31-14)25(44)35-3-1-2-19(35)24(43)29-8-20(38)39/h6-7,11-12,15-19,36-37H,1-5,8-10,26H2,(H,27,30)(H,28,31)(H,29,43)(H,32,42)(H,33,41)(H,34,40)(H,38,39)/t15-,16-,17-,18-,19-/m0/s1. The van der Waals surface area contributed by atoms with Crippen LogP contribution >= 0.6 is 0 Å². The van der Waals surface area contributed by atoms with Crippen LogP contribution in [-0.4, -0.2) is 132 Å². The summed E-state index contributed by atoms with van der Waals surface area (Å²) in [6, 6.07) is -6.41. The van der Waals surface area contributed by atoms with Gasteiger partial charge < -0.3 is 57.2 Å². The molecule has 0 aromatic carbocycles. The lowest BCUT2D eigenvalue weighted by molar-refractivity contribution is -0.143. The number of aromatic amines is 2.